The molecule has 0 spiro atoms. The van der Waals surface area contributed by atoms with Crippen molar-refractivity contribution >= 4 is 25.0 Å². The summed E-state index contributed by atoms with van der Waals surface area (Å²) in [6.07, 6.45) is 9.61. The maximum absolute atomic E-state index is 12.9. The highest BCUT2D eigenvalue weighted by molar-refractivity contribution is 7.66. The predicted molar refractivity (Wildman–Crippen MR) is 118 cm³/mol. The average Bonchev–Trinajstić information content (AvgIpc) is 3.52. The molecule has 2 saturated heterocycles. The third kappa shape index (κ3) is 4.56. The van der Waals surface area contributed by atoms with Crippen LogP contribution in [0, 0.1) is 17.2 Å². The van der Waals surface area contributed by atoms with Crippen molar-refractivity contribution in [2.45, 2.75) is 38.4 Å². The normalized spacial score (nSPS) is 21.1. The molecule has 1 saturated carbocycles. The molecule has 2 aromatic heterocycles. The highest BCUT2D eigenvalue weighted by Crippen LogP contribution is 2.45. The van der Waals surface area contributed by atoms with Crippen molar-refractivity contribution in [3.8, 4) is 11.9 Å². The summed E-state index contributed by atoms with van der Waals surface area (Å²) in [5.74, 6) is 1.24. The first-order valence-electron chi connectivity index (χ1n) is 10.9. The van der Waals surface area contributed by atoms with Crippen LogP contribution < -0.4 is 15.1 Å². The fraction of sp³-hybridized carbons (Fsp3) is 0.478. The van der Waals surface area contributed by atoms with Crippen LogP contribution in [0.15, 0.2) is 30.6 Å². The van der Waals surface area contributed by atoms with E-state index in [2.05, 4.69) is 16.0 Å². The quantitative estimate of drug-likeness (QED) is 0.591. The summed E-state index contributed by atoms with van der Waals surface area (Å²) in [4.78, 5) is 23.4. The summed E-state index contributed by atoms with van der Waals surface area (Å²) >= 11 is 0. The van der Waals surface area contributed by atoms with E-state index >= 15 is 0 Å². The van der Waals surface area contributed by atoms with E-state index in [0.29, 0.717) is 42.6 Å². The van der Waals surface area contributed by atoms with E-state index < -0.39 is 6.10 Å². The molecule has 7 nitrogen and oxygen atoms in total. The van der Waals surface area contributed by atoms with Crippen molar-refractivity contribution < 1.29 is 14.3 Å². The van der Waals surface area contributed by atoms with Gasteiger partial charge in [0.15, 0.2) is 0 Å². The molecule has 31 heavy (non-hydrogen) atoms. The number of carbonyl (C=O) groups excluding carboxylic acids is 1. The van der Waals surface area contributed by atoms with Gasteiger partial charge in [0, 0.05) is 25.2 Å². The van der Waals surface area contributed by atoms with Crippen molar-refractivity contribution in [2.24, 2.45) is 5.92 Å². The van der Waals surface area contributed by atoms with Crippen molar-refractivity contribution in [2.75, 3.05) is 30.4 Å². The molecule has 0 unspecified atom stereocenters. The molecule has 0 aromatic carbocycles. The number of nitrogens with zero attached hydrogens (tertiary/aromatic N) is 4. The van der Waals surface area contributed by atoms with Crippen molar-refractivity contribution in [1.82, 2.24) is 9.97 Å². The van der Waals surface area contributed by atoms with Crippen LogP contribution in [-0.2, 0) is 16.1 Å². The zero-order valence-electron chi connectivity index (χ0n) is 17.4. The minimum absolute atomic E-state index is 0.0786. The molecule has 1 amide bonds. The Balaban J connectivity index is 1.17. The number of nitriles is 1. The fourth-order valence-corrected chi connectivity index (χ4v) is 5.52. The van der Waals surface area contributed by atoms with E-state index in [9.17, 15) is 10.1 Å². The molecule has 5 rings (SSSR count). The maximum Gasteiger partial charge on any atom is 0.256 e. The number of aromatic nitrogens is 2. The number of pyridine rings is 2. The van der Waals surface area contributed by atoms with Gasteiger partial charge in [-0.3, -0.25) is 9.78 Å². The number of rotatable bonds is 8. The molecule has 0 bridgehead atoms. The Morgan fingerprint density at radius 1 is 1.19 bits per heavy atom. The van der Waals surface area contributed by atoms with Gasteiger partial charge in [-0.25, -0.2) is 4.98 Å². The fourth-order valence-electron chi connectivity index (χ4n) is 3.79. The third-order valence-corrected chi connectivity index (χ3v) is 8.68. The molecule has 4 heterocycles. The molecule has 3 fully saturated rings. The van der Waals surface area contributed by atoms with Gasteiger partial charge in [-0.05, 0) is 55.2 Å². The molecule has 3 aliphatic rings. The highest BCUT2D eigenvalue weighted by Gasteiger charge is 2.34. The smallest absolute Gasteiger partial charge is 0.256 e. The van der Waals surface area contributed by atoms with Gasteiger partial charge in [-0.2, -0.15) is 5.26 Å². The Morgan fingerprint density at radius 3 is 2.74 bits per heavy atom. The second kappa shape index (κ2) is 8.90. The van der Waals surface area contributed by atoms with Gasteiger partial charge < -0.3 is 14.4 Å². The Bertz CT molecular complexity index is 999. The van der Waals surface area contributed by atoms with Crippen LogP contribution in [0.25, 0.3) is 0 Å². The summed E-state index contributed by atoms with van der Waals surface area (Å²) < 4.78 is 11.5. The van der Waals surface area contributed by atoms with Crippen molar-refractivity contribution in [3.05, 3.63) is 41.7 Å². The summed E-state index contributed by atoms with van der Waals surface area (Å²) in [5, 5.41) is 9.54. The Morgan fingerprint density at radius 2 is 2.06 bits per heavy atom. The van der Waals surface area contributed by atoms with Crippen LogP contribution in [0.5, 0.6) is 5.88 Å². The lowest BCUT2D eigenvalue weighted by Crippen LogP contribution is -2.31. The molecular weight excluding hydrogens is 411 g/mol. The molecule has 160 valence electrons. The van der Waals surface area contributed by atoms with Crippen LogP contribution in [0.3, 0.4) is 0 Å². The first kappa shape index (κ1) is 20.4. The second-order valence-corrected chi connectivity index (χ2v) is 10.8. The van der Waals surface area contributed by atoms with Crippen LogP contribution in [0.2, 0.25) is 0 Å². The monoisotopic (exact) mass is 436 g/mol. The van der Waals surface area contributed by atoms with Crippen LogP contribution in [0.4, 0.5) is 5.69 Å². The van der Waals surface area contributed by atoms with E-state index in [0.717, 1.165) is 29.9 Å². The summed E-state index contributed by atoms with van der Waals surface area (Å²) in [5.41, 5.74) is 3.14. The first-order valence-corrected chi connectivity index (χ1v) is 12.6. The summed E-state index contributed by atoms with van der Waals surface area (Å²) in [7, 11) is -0.277. The zero-order valence-corrected chi connectivity index (χ0v) is 18.3. The van der Waals surface area contributed by atoms with Crippen LogP contribution in [-0.4, -0.2) is 47.5 Å². The highest BCUT2D eigenvalue weighted by atomic mass is 31.1. The van der Waals surface area contributed by atoms with Gasteiger partial charge >= 0.3 is 0 Å². The summed E-state index contributed by atoms with van der Waals surface area (Å²) in [6, 6.07) is 7.86. The number of ether oxygens (including phenoxy) is 2. The molecule has 2 aromatic rings. The minimum Gasteiger partial charge on any atom is -0.477 e. The van der Waals surface area contributed by atoms with E-state index in [1.54, 1.807) is 17.3 Å². The van der Waals surface area contributed by atoms with E-state index in [1.165, 1.54) is 19.3 Å². The van der Waals surface area contributed by atoms with Crippen LogP contribution in [0.1, 0.15) is 36.8 Å². The number of hydrogen-bond acceptors (Lipinski definition) is 6. The van der Waals surface area contributed by atoms with Gasteiger partial charge in [-0.1, -0.05) is 7.92 Å². The zero-order chi connectivity index (χ0) is 21.2. The van der Waals surface area contributed by atoms with E-state index in [4.69, 9.17) is 9.47 Å². The van der Waals surface area contributed by atoms with Gasteiger partial charge in [0.2, 0.25) is 5.88 Å². The molecule has 1 aliphatic carbocycles. The largest absolute Gasteiger partial charge is 0.477 e. The standard InChI is InChI=1S/C23H25N4O3P/c24-11-18-10-19(13-26-22(18)31-8-1-9-31)27-7-6-20(23(27)28)29-15-17-4-5-21(25-12-17)30-14-16-2-3-16/h4-5,10,12-13,16,20H,1-3,6-9,14-15H2/t20-/m1/s1. The predicted octanol–water partition coefficient (Wildman–Crippen LogP) is 2.97. The maximum atomic E-state index is 12.9. The number of amides is 1. The number of hydrogen-bond donors (Lipinski definition) is 0. The molecule has 0 N–H and O–H groups in total. The van der Waals surface area contributed by atoms with Gasteiger partial charge in [0.05, 0.1) is 36.1 Å². The topological polar surface area (TPSA) is 88.3 Å². The Labute approximate surface area is 183 Å². The molecular formula is C23H25N4O3P. The molecule has 1 atom stereocenters. The molecule has 8 heteroatoms. The van der Waals surface area contributed by atoms with E-state index in [-0.39, 0.29) is 13.8 Å². The van der Waals surface area contributed by atoms with Crippen molar-refractivity contribution in [3.63, 3.8) is 0 Å². The van der Waals surface area contributed by atoms with Crippen LogP contribution >= 0.6 is 7.92 Å². The van der Waals surface area contributed by atoms with E-state index in [1.807, 2.05) is 18.2 Å². The molecule has 0 radical (unpaired) electrons. The lowest BCUT2D eigenvalue weighted by Gasteiger charge is -2.26. The minimum atomic E-state index is -0.494. The molecule has 2 aliphatic heterocycles. The number of anilines is 1. The lowest BCUT2D eigenvalue weighted by molar-refractivity contribution is -0.127. The average molecular weight is 436 g/mol. The van der Waals surface area contributed by atoms with Crippen molar-refractivity contribution in [1.29, 1.82) is 5.26 Å². The SMILES string of the molecule is N#Cc1cc(N2CC[C@@H](OCc3ccc(OCC4CC4)nc3)C2=O)cnc1P1CCC1. The third-order valence-electron chi connectivity index (χ3n) is 6.01. The second-order valence-electron chi connectivity index (χ2n) is 8.35. The van der Waals surface area contributed by atoms with Gasteiger partial charge in [0.1, 0.15) is 12.2 Å². The van der Waals surface area contributed by atoms with Gasteiger partial charge in [0.25, 0.3) is 5.91 Å². The first-order chi connectivity index (χ1) is 15.2. The lowest BCUT2D eigenvalue weighted by atomic mass is 10.2. The summed E-state index contributed by atoms with van der Waals surface area (Å²) in [6.45, 7) is 1.63. The Hall–Kier alpha value is -2.55. The van der Waals surface area contributed by atoms with Gasteiger partial charge in [-0.15, -0.1) is 0 Å². The number of carbonyl (C=O) groups is 1. The Kier molecular flexibility index (Phi) is 5.85.